The topological polar surface area (TPSA) is 79.7 Å². The number of morpholine rings is 1. The first kappa shape index (κ1) is 21.3. The number of hydrogen-bond donors (Lipinski definition) is 1. The highest BCUT2D eigenvalue weighted by atomic mass is 16.5. The molecule has 0 spiro atoms. The number of nitrogens with zero attached hydrogens (tertiary/aromatic N) is 4. The number of carbonyl (C=O) groups is 2. The van der Waals surface area contributed by atoms with E-state index in [1.807, 2.05) is 21.8 Å². The van der Waals surface area contributed by atoms with Gasteiger partial charge < -0.3 is 19.9 Å². The van der Waals surface area contributed by atoms with Crippen molar-refractivity contribution in [2.75, 3.05) is 45.9 Å². The molecule has 8 nitrogen and oxygen atoms in total. The molecule has 1 aromatic rings. The van der Waals surface area contributed by atoms with Crippen molar-refractivity contribution in [3.63, 3.8) is 0 Å². The Balaban J connectivity index is 1.12. The summed E-state index contributed by atoms with van der Waals surface area (Å²) < 4.78 is 7.49. The van der Waals surface area contributed by atoms with E-state index < -0.39 is 0 Å². The van der Waals surface area contributed by atoms with Gasteiger partial charge in [-0.15, -0.1) is 0 Å². The third-order valence-corrected chi connectivity index (χ3v) is 6.50. The van der Waals surface area contributed by atoms with Crippen LogP contribution in [0.15, 0.2) is 18.5 Å². The third kappa shape index (κ3) is 6.54. The molecule has 2 amide bonds. The Morgan fingerprint density at radius 1 is 1.17 bits per heavy atom. The molecule has 3 fully saturated rings. The summed E-state index contributed by atoms with van der Waals surface area (Å²) in [7, 11) is 0. The summed E-state index contributed by atoms with van der Waals surface area (Å²) >= 11 is 0. The summed E-state index contributed by atoms with van der Waals surface area (Å²) in [6.45, 7) is 6.33. The number of nitrogens with one attached hydrogen (secondary N) is 1. The molecule has 4 rings (SSSR count). The Labute approximate surface area is 178 Å². The summed E-state index contributed by atoms with van der Waals surface area (Å²) in [4.78, 5) is 29.0. The number of aryl methyl sites for hydroxylation is 1. The summed E-state index contributed by atoms with van der Waals surface area (Å²) in [5.74, 6) is 1.64. The normalized spacial score (nSPS) is 23.7. The SMILES string of the molecule is O=C(CCCn1cccn1)NCC1CN(CC2CCN(CC3CC3)CC2)C(=O)CO1. The number of carbonyl (C=O) groups excluding carboxylic acids is 2. The molecule has 1 saturated carbocycles. The fourth-order valence-electron chi connectivity index (χ4n) is 4.46. The van der Waals surface area contributed by atoms with E-state index in [4.69, 9.17) is 4.74 Å². The zero-order valence-corrected chi connectivity index (χ0v) is 17.9. The van der Waals surface area contributed by atoms with Crippen molar-refractivity contribution in [1.82, 2.24) is 24.9 Å². The maximum atomic E-state index is 12.3. The molecule has 0 aromatic carbocycles. The second kappa shape index (κ2) is 10.4. The van der Waals surface area contributed by atoms with Crippen LogP contribution in [0, 0.1) is 11.8 Å². The maximum absolute atomic E-state index is 12.3. The lowest BCUT2D eigenvalue weighted by Gasteiger charge is -2.38. The second-order valence-corrected chi connectivity index (χ2v) is 9.10. The molecule has 2 saturated heterocycles. The Bertz CT molecular complexity index is 683. The van der Waals surface area contributed by atoms with Crippen molar-refractivity contribution in [2.45, 2.75) is 51.2 Å². The fourth-order valence-corrected chi connectivity index (χ4v) is 4.46. The number of rotatable bonds is 10. The lowest BCUT2D eigenvalue weighted by Crippen LogP contribution is -2.52. The van der Waals surface area contributed by atoms with Gasteiger partial charge in [-0.3, -0.25) is 14.3 Å². The van der Waals surface area contributed by atoms with Crippen LogP contribution in [0.25, 0.3) is 0 Å². The molecule has 0 radical (unpaired) electrons. The minimum Gasteiger partial charge on any atom is -0.365 e. The van der Waals surface area contributed by atoms with Crippen LogP contribution >= 0.6 is 0 Å². The van der Waals surface area contributed by atoms with Crippen LogP contribution in [0.5, 0.6) is 0 Å². The zero-order chi connectivity index (χ0) is 20.8. The Morgan fingerprint density at radius 3 is 2.70 bits per heavy atom. The largest absolute Gasteiger partial charge is 0.365 e. The summed E-state index contributed by atoms with van der Waals surface area (Å²) in [6, 6.07) is 1.88. The molecule has 0 bridgehead atoms. The highest BCUT2D eigenvalue weighted by Crippen LogP contribution is 2.31. The van der Waals surface area contributed by atoms with Crippen molar-refractivity contribution >= 4 is 11.8 Å². The van der Waals surface area contributed by atoms with Gasteiger partial charge in [-0.1, -0.05) is 0 Å². The summed E-state index contributed by atoms with van der Waals surface area (Å²) in [5.41, 5.74) is 0. The first-order valence-corrected chi connectivity index (χ1v) is 11.5. The molecule has 3 heterocycles. The lowest BCUT2D eigenvalue weighted by molar-refractivity contribution is -0.150. The Hall–Kier alpha value is -1.93. The number of piperidine rings is 1. The molecule has 1 aliphatic carbocycles. The smallest absolute Gasteiger partial charge is 0.248 e. The second-order valence-electron chi connectivity index (χ2n) is 9.10. The first-order chi connectivity index (χ1) is 14.7. The number of amides is 2. The van der Waals surface area contributed by atoms with E-state index in [1.54, 1.807) is 6.20 Å². The van der Waals surface area contributed by atoms with Crippen LogP contribution < -0.4 is 5.32 Å². The first-order valence-electron chi connectivity index (χ1n) is 11.5. The van der Waals surface area contributed by atoms with Crippen LogP contribution in [0.4, 0.5) is 0 Å². The third-order valence-electron chi connectivity index (χ3n) is 6.50. The molecular formula is C22H35N5O3. The number of likely N-dealkylation sites (tertiary alicyclic amines) is 1. The number of hydrogen-bond acceptors (Lipinski definition) is 5. The lowest BCUT2D eigenvalue weighted by atomic mass is 9.95. The van der Waals surface area contributed by atoms with E-state index in [0.29, 0.717) is 25.4 Å². The average Bonchev–Trinajstić information content (AvgIpc) is 3.41. The van der Waals surface area contributed by atoms with E-state index >= 15 is 0 Å². The van der Waals surface area contributed by atoms with Crippen molar-refractivity contribution in [1.29, 1.82) is 0 Å². The van der Waals surface area contributed by atoms with Crippen LogP contribution in [0.3, 0.4) is 0 Å². The monoisotopic (exact) mass is 417 g/mol. The average molecular weight is 418 g/mol. The molecule has 166 valence electrons. The van der Waals surface area contributed by atoms with Crippen LogP contribution in [-0.2, 0) is 20.9 Å². The summed E-state index contributed by atoms with van der Waals surface area (Å²) in [5, 5.41) is 7.10. The molecule has 2 aliphatic heterocycles. The van der Waals surface area contributed by atoms with E-state index in [2.05, 4.69) is 15.3 Å². The van der Waals surface area contributed by atoms with E-state index in [1.165, 1.54) is 32.2 Å². The minimum atomic E-state index is -0.118. The molecular weight excluding hydrogens is 382 g/mol. The van der Waals surface area contributed by atoms with Crippen molar-refractivity contribution in [3.05, 3.63) is 18.5 Å². The van der Waals surface area contributed by atoms with E-state index in [9.17, 15) is 9.59 Å². The molecule has 1 atom stereocenters. The highest BCUT2D eigenvalue weighted by Gasteiger charge is 2.31. The maximum Gasteiger partial charge on any atom is 0.248 e. The van der Waals surface area contributed by atoms with E-state index in [0.717, 1.165) is 38.5 Å². The molecule has 30 heavy (non-hydrogen) atoms. The minimum absolute atomic E-state index is 0.0252. The Morgan fingerprint density at radius 2 is 1.97 bits per heavy atom. The molecule has 1 aromatic heterocycles. The predicted molar refractivity (Wildman–Crippen MR) is 113 cm³/mol. The molecule has 1 N–H and O–H groups in total. The fraction of sp³-hybridized carbons (Fsp3) is 0.773. The van der Waals surface area contributed by atoms with Crippen molar-refractivity contribution in [2.24, 2.45) is 11.8 Å². The van der Waals surface area contributed by atoms with Crippen molar-refractivity contribution < 1.29 is 14.3 Å². The number of aromatic nitrogens is 2. The van der Waals surface area contributed by atoms with Gasteiger partial charge in [-0.2, -0.15) is 5.10 Å². The van der Waals surface area contributed by atoms with Crippen LogP contribution in [0.2, 0.25) is 0 Å². The van der Waals surface area contributed by atoms with Gasteiger partial charge >= 0.3 is 0 Å². The van der Waals surface area contributed by atoms with Gasteiger partial charge in [-0.05, 0) is 63.1 Å². The van der Waals surface area contributed by atoms with Crippen molar-refractivity contribution in [3.8, 4) is 0 Å². The molecule has 8 heteroatoms. The highest BCUT2D eigenvalue weighted by molar-refractivity contribution is 5.78. The van der Waals surface area contributed by atoms with E-state index in [-0.39, 0.29) is 24.5 Å². The summed E-state index contributed by atoms with van der Waals surface area (Å²) in [6.07, 6.45) is 9.91. The van der Waals surface area contributed by atoms with Gasteiger partial charge in [0, 0.05) is 51.5 Å². The standard InChI is InChI=1S/C22H35N5O3/c28-21(3-1-9-27-10-2-8-24-27)23-13-20-16-26(22(29)17-30-20)15-19-6-11-25(12-7-19)14-18-4-5-18/h2,8,10,18-20H,1,3-7,9,11-17H2,(H,23,28). The van der Waals surface area contributed by atoms with Gasteiger partial charge in [0.25, 0.3) is 0 Å². The quantitative estimate of drug-likeness (QED) is 0.617. The van der Waals surface area contributed by atoms with Gasteiger partial charge in [0.1, 0.15) is 6.61 Å². The van der Waals surface area contributed by atoms with Gasteiger partial charge in [0.05, 0.1) is 6.10 Å². The van der Waals surface area contributed by atoms with Gasteiger partial charge in [-0.25, -0.2) is 0 Å². The Kier molecular flexibility index (Phi) is 7.38. The zero-order valence-electron chi connectivity index (χ0n) is 17.9. The molecule has 3 aliphatic rings. The predicted octanol–water partition coefficient (Wildman–Crippen LogP) is 1.13. The van der Waals surface area contributed by atoms with Gasteiger partial charge in [0.15, 0.2) is 0 Å². The van der Waals surface area contributed by atoms with Gasteiger partial charge in [0.2, 0.25) is 11.8 Å². The number of ether oxygens (including phenoxy) is 1. The van der Waals surface area contributed by atoms with Crippen LogP contribution in [-0.4, -0.2) is 83.4 Å². The molecule has 1 unspecified atom stereocenters. The van der Waals surface area contributed by atoms with Crippen LogP contribution in [0.1, 0.15) is 38.5 Å².